The molecule has 0 radical (unpaired) electrons. The smallest absolute Gasteiger partial charge is 0.194 e. The summed E-state index contributed by atoms with van der Waals surface area (Å²) in [5.41, 5.74) is 2.69. The summed E-state index contributed by atoms with van der Waals surface area (Å²) in [6, 6.07) is 9.72. The molecule has 0 spiro atoms. The molecule has 36 heavy (non-hydrogen) atoms. The van der Waals surface area contributed by atoms with E-state index < -0.39 is 0 Å². The van der Waals surface area contributed by atoms with Crippen LogP contribution >= 0.6 is 0 Å². The van der Waals surface area contributed by atoms with Crippen LogP contribution in [0.15, 0.2) is 24.3 Å². The van der Waals surface area contributed by atoms with E-state index in [1.54, 1.807) is 0 Å². The Labute approximate surface area is 219 Å². The standard InChI is InChI=1S/C30H50N6/c1-4-24(3)28-22-34(30(32)35(28)18-16-25-14-10-11-23(2)19-25)17-9-8-15-27-20-33-29(31)36(27)21-26-12-6-5-7-13-26/h10-11,14,19,24,26-28,32H,4-9,12-13,15-18,20-22H2,1-3H3,(H2,31,33)/t24?,27-,28+/m0/s1. The third-order valence-corrected chi connectivity index (χ3v) is 9.03. The molecule has 3 fully saturated rings. The summed E-state index contributed by atoms with van der Waals surface area (Å²) in [6.45, 7) is 11.7. The number of benzene rings is 1. The van der Waals surface area contributed by atoms with E-state index in [0.717, 1.165) is 70.3 Å². The first-order chi connectivity index (χ1) is 17.5. The van der Waals surface area contributed by atoms with Crippen molar-refractivity contribution in [1.29, 1.82) is 10.8 Å². The zero-order valence-corrected chi connectivity index (χ0v) is 23.1. The molecule has 2 aliphatic heterocycles. The van der Waals surface area contributed by atoms with Gasteiger partial charge < -0.3 is 20.0 Å². The highest BCUT2D eigenvalue weighted by Gasteiger charge is 2.36. The molecular weight excluding hydrogens is 444 g/mol. The van der Waals surface area contributed by atoms with E-state index in [2.05, 4.69) is 65.1 Å². The molecule has 0 amide bonds. The number of nitrogens with one attached hydrogen (secondary N) is 3. The van der Waals surface area contributed by atoms with Crippen LogP contribution in [0.4, 0.5) is 0 Å². The quantitative estimate of drug-likeness (QED) is 0.337. The second-order valence-corrected chi connectivity index (χ2v) is 11.7. The van der Waals surface area contributed by atoms with Crippen LogP contribution < -0.4 is 5.32 Å². The van der Waals surface area contributed by atoms with E-state index in [1.165, 1.54) is 49.7 Å². The van der Waals surface area contributed by atoms with Crippen molar-refractivity contribution in [2.75, 3.05) is 32.7 Å². The molecule has 0 aromatic heterocycles. The van der Waals surface area contributed by atoms with Gasteiger partial charge in [-0.15, -0.1) is 0 Å². The fraction of sp³-hybridized carbons (Fsp3) is 0.733. The summed E-state index contributed by atoms with van der Waals surface area (Å²) >= 11 is 0. The van der Waals surface area contributed by atoms with Gasteiger partial charge in [-0.2, -0.15) is 0 Å². The number of rotatable bonds is 12. The lowest BCUT2D eigenvalue weighted by molar-refractivity contribution is 0.236. The van der Waals surface area contributed by atoms with Gasteiger partial charge >= 0.3 is 0 Å². The number of guanidine groups is 2. The Morgan fingerprint density at radius 2 is 1.86 bits per heavy atom. The third-order valence-electron chi connectivity index (χ3n) is 9.03. The largest absolute Gasteiger partial charge is 0.354 e. The summed E-state index contributed by atoms with van der Waals surface area (Å²) in [5, 5.41) is 20.7. The van der Waals surface area contributed by atoms with Crippen molar-refractivity contribution in [3.05, 3.63) is 35.4 Å². The molecule has 1 aromatic rings. The van der Waals surface area contributed by atoms with Crippen LogP contribution in [0, 0.1) is 29.6 Å². The van der Waals surface area contributed by atoms with Crippen LogP contribution in [0.3, 0.4) is 0 Å². The van der Waals surface area contributed by atoms with E-state index in [-0.39, 0.29) is 0 Å². The third kappa shape index (κ3) is 6.74. The molecule has 3 aliphatic rings. The molecule has 1 unspecified atom stereocenters. The summed E-state index contributed by atoms with van der Waals surface area (Å²) in [4.78, 5) is 7.08. The summed E-state index contributed by atoms with van der Waals surface area (Å²) in [6.07, 6.45) is 12.4. The average Bonchev–Trinajstić information content (AvgIpc) is 3.39. The van der Waals surface area contributed by atoms with Gasteiger partial charge in [-0.3, -0.25) is 10.8 Å². The highest BCUT2D eigenvalue weighted by molar-refractivity contribution is 5.80. The number of nitrogens with zero attached hydrogens (tertiary/aromatic N) is 3. The molecule has 1 saturated carbocycles. The first-order valence-corrected chi connectivity index (χ1v) is 14.7. The second-order valence-electron chi connectivity index (χ2n) is 11.7. The van der Waals surface area contributed by atoms with E-state index in [4.69, 9.17) is 10.8 Å². The molecule has 4 rings (SSSR count). The summed E-state index contributed by atoms with van der Waals surface area (Å²) in [5.74, 6) is 2.75. The van der Waals surface area contributed by atoms with Crippen LogP contribution in [0.5, 0.6) is 0 Å². The highest BCUT2D eigenvalue weighted by Crippen LogP contribution is 2.27. The first-order valence-electron chi connectivity index (χ1n) is 14.7. The maximum Gasteiger partial charge on any atom is 0.194 e. The van der Waals surface area contributed by atoms with Gasteiger partial charge in [0.25, 0.3) is 0 Å². The fourth-order valence-corrected chi connectivity index (χ4v) is 6.53. The number of hydrogen-bond donors (Lipinski definition) is 3. The minimum absolute atomic E-state index is 0.442. The van der Waals surface area contributed by atoms with Crippen molar-refractivity contribution >= 4 is 11.9 Å². The Morgan fingerprint density at radius 1 is 1.06 bits per heavy atom. The Morgan fingerprint density at radius 3 is 2.61 bits per heavy atom. The summed E-state index contributed by atoms with van der Waals surface area (Å²) < 4.78 is 0. The number of aryl methyl sites for hydroxylation is 1. The van der Waals surface area contributed by atoms with E-state index in [1.807, 2.05) is 0 Å². The van der Waals surface area contributed by atoms with Gasteiger partial charge in [-0.25, -0.2) is 0 Å². The molecule has 2 saturated heterocycles. The monoisotopic (exact) mass is 494 g/mol. The zero-order valence-electron chi connectivity index (χ0n) is 23.1. The van der Waals surface area contributed by atoms with Crippen molar-refractivity contribution in [1.82, 2.24) is 20.0 Å². The van der Waals surface area contributed by atoms with Gasteiger partial charge in [0.1, 0.15) is 0 Å². The van der Waals surface area contributed by atoms with Crippen molar-refractivity contribution in [3.8, 4) is 0 Å². The number of hydrogen-bond acceptors (Lipinski definition) is 2. The molecular formula is C30H50N6. The van der Waals surface area contributed by atoms with Crippen LogP contribution in [-0.4, -0.2) is 71.4 Å². The van der Waals surface area contributed by atoms with Gasteiger partial charge in [-0.05, 0) is 62.8 Å². The van der Waals surface area contributed by atoms with Gasteiger partial charge in [0, 0.05) is 38.8 Å². The molecule has 200 valence electrons. The zero-order chi connectivity index (χ0) is 25.5. The fourth-order valence-electron chi connectivity index (χ4n) is 6.53. The van der Waals surface area contributed by atoms with Crippen molar-refractivity contribution in [2.45, 2.75) is 97.1 Å². The Kier molecular flexibility index (Phi) is 9.55. The van der Waals surface area contributed by atoms with Crippen molar-refractivity contribution < 1.29 is 0 Å². The van der Waals surface area contributed by atoms with Gasteiger partial charge in [0.05, 0.1) is 6.04 Å². The molecule has 1 aliphatic carbocycles. The van der Waals surface area contributed by atoms with Gasteiger partial charge in [0.15, 0.2) is 11.9 Å². The van der Waals surface area contributed by atoms with Crippen molar-refractivity contribution in [3.63, 3.8) is 0 Å². The lowest BCUT2D eigenvalue weighted by Gasteiger charge is -2.31. The molecule has 1 aromatic carbocycles. The van der Waals surface area contributed by atoms with E-state index in [0.29, 0.717) is 24.0 Å². The number of unbranched alkanes of at least 4 members (excludes halogenated alkanes) is 1. The van der Waals surface area contributed by atoms with Crippen LogP contribution in [0.2, 0.25) is 0 Å². The van der Waals surface area contributed by atoms with Crippen LogP contribution in [-0.2, 0) is 6.42 Å². The summed E-state index contributed by atoms with van der Waals surface area (Å²) in [7, 11) is 0. The predicted molar refractivity (Wildman–Crippen MR) is 151 cm³/mol. The average molecular weight is 495 g/mol. The van der Waals surface area contributed by atoms with Crippen LogP contribution in [0.25, 0.3) is 0 Å². The van der Waals surface area contributed by atoms with Gasteiger partial charge in [0.2, 0.25) is 0 Å². The Hall–Kier alpha value is -2.24. The molecule has 2 heterocycles. The lowest BCUT2D eigenvalue weighted by Crippen LogP contribution is -2.40. The second kappa shape index (κ2) is 12.8. The topological polar surface area (TPSA) is 69.5 Å². The Balaban J connectivity index is 1.25. The first kappa shape index (κ1) is 26.8. The normalized spacial score (nSPS) is 24.0. The van der Waals surface area contributed by atoms with Crippen molar-refractivity contribution in [2.24, 2.45) is 11.8 Å². The molecule has 6 nitrogen and oxygen atoms in total. The van der Waals surface area contributed by atoms with E-state index in [9.17, 15) is 0 Å². The highest BCUT2D eigenvalue weighted by atomic mass is 15.4. The maximum absolute atomic E-state index is 8.98. The van der Waals surface area contributed by atoms with Crippen LogP contribution in [0.1, 0.15) is 82.8 Å². The lowest BCUT2D eigenvalue weighted by atomic mass is 9.88. The SMILES string of the molecule is CCC(C)[C@H]1CN(CCCC[C@H]2CNC(=N)N2CC2CCCCC2)C(=N)N1CCc1cccc(C)c1. The molecule has 0 bridgehead atoms. The van der Waals surface area contributed by atoms with Gasteiger partial charge in [-0.1, -0.05) is 69.4 Å². The maximum atomic E-state index is 8.98. The minimum Gasteiger partial charge on any atom is -0.354 e. The predicted octanol–water partition coefficient (Wildman–Crippen LogP) is 5.46. The molecule has 3 N–H and O–H groups in total. The minimum atomic E-state index is 0.442. The Bertz CT molecular complexity index is 863. The molecule has 6 heteroatoms. The molecule has 3 atom stereocenters. The van der Waals surface area contributed by atoms with E-state index >= 15 is 0 Å².